The molecule has 1 saturated heterocycles. The molecule has 5 heteroatoms. The molecule has 1 aromatic carbocycles. The summed E-state index contributed by atoms with van der Waals surface area (Å²) in [7, 11) is 1.84. The minimum atomic E-state index is 0.442. The Morgan fingerprint density at radius 2 is 2.00 bits per heavy atom. The molecule has 2 fully saturated rings. The number of pyridine rings is 1. The van der Waals surface area contributed by atoms with Crippen molar-refractivity contribution in [2.75, 3.05) is 25.5 Å². The Hall–Kier alpha value is -1.17. The summed E-state index contributed by atoms with van der Waals surface area (Å²) in [6, 6.07) is 9.67. The van der Waals surface area contributed by atoms with Crippen molar-refractivity contribution < 1.29 is 4.74 Å². The van der Waals surface area contributed by atoms with Gasteiger partial charge in [0.2, 0.25) is 0 Å². The quantitative estimate of drug-likeness (QED) is 0.818. The number of hydrogen-bond donors (Lipinski definition) is 1. The van der Waals surface area contributed by atoms with Gasteiger partial charge in [-0.2, -0.15) is 0 Å². The summed E-state index contributed by atoms with van der Waals surface area (Å²) < 4.78 is 6.62. The van der Waals surface area contributed by atoms with E-state index in [1.54, 1.807) is 0 Å². The van der Waals surface area contributed by atoms with Gasteiger partial charge in [-0.15, -0.1) is 0 Å². The lowest BCUT2D eigenvalue weighted by atomic mass is 9.90. The SMILES string of the molecule is COC1CCN(C2CCC(Nc3ccnc4ccc(Br)cc34)CC2)C1. The van der Waals surface area contributed by atoms with Crippen molar-refractivity contribution in [2.45, 2.75) is 50.3 Å². The molecule has 1 aliphatic heterocycles. The van der Waals surface area contributed by atoms with Crippen LogP contribution in [0.25, 0.3) is 10.9 Å². The number of ether oxygens (including phenoxy) is 1. The van der Waals surface area contributed by atoms with Crippen LogP contribution in [0.15, 0.2) is 34.9 Å². The lowest BCUT2D eigenvalue weighted by Crippen LogP contribution is -2.39. The van der Waals surface area contributed by atoms with E-state index in [0.717, 1.165) is 22.6 Å². The van der Waals surface area contributed by atoms with Gasteiger partial charge >= 0.3 is 0 Å². The highest BCUT2D eigenvalue weighted by molar-refractivity contribution is 9.10. The summed E-state index contributed by atoms with van der Waals surface area (Å²) in [6.07, 6.45) is 8.55. The normalized spacial score (nSPS) is 27.7. The van der Waals surface area contributed by atoms with Crippen LogP contribution in [0.5, 0.6) is 0 Å². The predicted octanol–water partition coefficient (Wildman–Crippen LogP) is 4.44. The van der Waals surface area contributed by atoms with Gasteiger partial charge in [-0.3, -0.25) is 9.88 Å². The van der Waals surface area contributed by atoms with Crippen molar-refractivity contribution in [1.29, 1.82) is 0 Å². The van der Waals surface area contributed by atoms with Crippen LogP contribution in [0, 0.1) is 0 Å². The lowest BCUT2D eigenvalue weighted by Gasteiger charge is -2.35. The molecule has 0 radical (unpaired) electrons. The zero-order valence-electron chi connectivity index (χ0n) is 14.7. The first kappa shape index (κ1) is 17.3. The minimum Gasteiger partial charge on any atom is -0.382 e. The van der Waals surface area contributed by atoms with Crippen molar-refractivity contribution >= 4 is 32.5 Å². The average Bonchev–Trinajstić information content (AvgIpc) is 3.12. The van der Waals surface area contributed by atoms with Crippen molar-refractivity contribution in [1.82, 2.24) is 9.88 Å². The molecule has 2 aromatic rings. The Bertz CT molecular complexity index is 730. The Kier molecular flexibility index (Phi) is 5.25. The molecule has 0 amide bonds. The van der Waals surface area contributed by atoms with E-state index in [1.165, 1.54) is 49.7 Å². The molecule has 1 atom stereocenters. The van der Waals surface area contributed by atoms with E-state index in [1.807, 2.05) is 19.4 Å². The topological polar surface area (TPSA) is 37.4 Å². The van der Waals surface area contributed by atoms with Gasteiger partial charge < -0.3 is 10.1 Å². The third kappa shape index (κ3) is 3.83. The Morgan fingerprint density at radius 1 is 1.16 bits per heavy atom. The molecular weight excluding hydrogens is 378 g/mol. The number of aromatic nitrogens is 1. The first-order chi connectivity index (χ1) is 12.2. The van der Waals surface area contributed by atoms with Crippen LogP contribution in [0.3, 0.4) is 0 Å². The largest absolute Gasteiger partial charge is 0.382 e. The summed E-state index contributed by atoms with van der Waals surface area (Å²) in [5.74, 6) is 0. The molecule has 1 N–H and O–H groups in total. The van der Waals surface area contributed by atoms with Crippen molar-refractivity contribution in [3.63, 3.8) is 0 Å². The average molecular weight is 404 g/mol. The molecule has 2 heterocycles. The minimum absolute atomic E-state index is 0.442. The standard InChI is InChI=1S/C20H26BrN3O/c1-25-17-9-11-24(13-17)16-5-3-15(4-6-16)23-20-8-10-22-19-7-2-14(21)12-18(19)20/h2,7-8,10,12,15-17H,3-6,9,11,13H2,1H3,(H,22,23). The number of anilines is 1. The van der Waals surface area contributed by atoms with Gasteiger partial charge in [0.25, 0.3) is 0 Å². The Morgan fingerprint density at radius 3 is 2.76 bits per heavy atom. The fraction of sp³-hybridized carbons (Fsp3) is 0.550. The first-order valence-corrected chi connectivity index (χ1v) is 10.1. The smallest absolute Gasteiger partial charge is 0.0723 e. The molecule has 0 bridgehead atoms. The van der Waals surface area contributed by atoms with Crippen molar-refractivity contribution in [2.24, 2.45) is 0 Å². The molecule has 1 unspecified atom stereocenters. The summed E-state index contributed by atoms with van der Waals surface area (Å²) in [4.78, 5) is 7.12. The lowest BCUT2D eigenvalue weighted by molar-refractivity contribution is 0.0947. The van der Waals surface area contributed by atoms with E-state index in [2.05, 4.69) is 49.3 Å². The first-order valence-electron chi connectivity index (χ1n) is 9.30. The second-order valence-electron chi connectivity index (χ2n) is 7.31. The predicted molar refractivity (Wildman–Crippen MR) is 106 cm³/mol. The van der Waals surface area contributed by atoms with Crippen LogP contribution in [-0.2, 0) is 4.74 Å². The summed E-state index contributed by atoms with van der Waals surface area (Å²) in [6.45, 7) is 2.31. The third-order valence-corrected chi connectivity index (χ3v) is 6.28. The van der Waals surface area contributed by atoms with Gasteiger partial charge in [-0.05, 0) is 56.4 Å². The number of hydrogen-bond acceptors (Lipinski definition) is 4. The summed E-state index contributed by atoms with van der Waals surface area (Å²) in [5, 5.41) is 4.97. The fourth-order valence-electron chi connectivity index (χ4n) is 4.33. The molecule has 0 spiro atoms. The zero-order valence-corrected chi connectivity index (χ0v) is 16.3. The van der Waals surface area contributed by atoms with Crippen molar-refractivity contribution in [3.05, 3.63) is 34.9 Å². The number of likely N-dealkylation sites (tertiary alicyclic amines) is 1. The van der Waals surface area contributed by atoms with Crippen LogP contribution in [0.4, 0.5) is 5.69 Å². The van der Waals surface area contributed by atoms with E-state index in [0.29, 0.717) is 12.1 Å². The molecule has 4 rings (SSSR count). The van der Waals surface area contributed by atoms with Crippen molar-refractivity contribution in [3.8, 4) is 0 Å². The van der Waals surface area contributed by atoms with Gasteiger partial charge in [0.05, 0.1) is 11.6 Å². The van der Waals surface area contributed by atoms with E-state index < -0.39 is 0 Å². The highest BCUT2D eigenvalue weighted by Gasteiger charge is 2.31. The number of nitrogens with zero attached hydrogens (tertiary/aromatic N) is 2. The molecule has 2 aliphatic rings. The number of rotatable bonds is 4. The molecule has 4 nitrogen and oxygen atoms in total. The molecule has 1 aliphatic carbocycles. The number of methoxy groups -OCH3 is 1. The Labute approximate surface area is 158 Å². The molecular formula is C20H26BrN3O. The van der Waals surface area contributed by atoms with Gasteiger partial charge in [0.15, 0.2) is 0 Å². The van der Waals surface area contributed by atoms with Gasteiger partial charge in [0.1, 0.15) is 0 Å². The Balaban J connectivity index is 1.38. The number of fused-ring (bicyclic) bond motifs is 1. The van der Waals surface area contributed by atoms with Crippen LogP contribution < -0.4 is 5.32 Å². The van der Waals surface area contributed by atoms with Crippen LogP contribution in [0.1, 0.15) is 32.1 Å². The summed E-state index contributed by atoms with van der Waals surface area (Å²) >= 11 is 3.58. The fourth-order valence-corrected chi connectivity index (χ4v) is 4.69. The van der Waals surface area contributed by atoms with Crippen LogP contribution in [-0.4, -0.2) is 48.3 Å². The van der Waals surface area contributed by atoms with Gasteiger partial charge in [-0.25, -0.2) is 0 Å². The van der Waals surface area contributed by atoms with Gasteiger partial charge in [0, 0.05) is 54.0 Å². The third-order valence-electron chi connectivity index (χ3n) is 5.79. The highest BCUT2D eigenvalue weighted by Crippen LogP contribution is 2.31. The zero-order chi connectivity index (χ0) is 17.2. The maximum atomic E-state index is 5.52. The second kappa shape index (κ2) is 7.60. The maximum absolute atomic E-state index is 5.52. The van der Waals surface area contributed by atoms with E-state index in [-0.39, 0.29) is 0 Å². The maximum Gasteiger partial charge on any atom is 0.0723 e. The van der Waals surface area contributed by atoms with Crippen LogP contribution in [0.2, 0.25) is 0 Å². The number of halogens is 1. The van der Waals surface area contributed by atoms with Gasteiger partial charge in [-0.1, -0.05) is 15.9 Å². The molecule has 1 aromatic heterocycles. The number of benzene rings is 1. The summed E-state index contributed by atoms with van der Waals surface area (Å²) in [5.41, 5.74) is 2.25. The van der Waals surface area contributed by atoms with E-state index in [4.69, 9.17) is 4.74 Å². The molecule has 1 saturated carbocycles. The highest BCUT2D eigenvalue weighted by atomic mass is 79.9. The molecule has 25 heavy (non-hydrogen) atoms. The molecule has 134 valence electrons. The monoisotopic (exact) mass is 403 g/mol. The van der Waals surface area contributed by atoms with E-state index in [9.17, 15) is 0 Å². The second-order valence-corrected chi connectivity index (χ2v) is 8.23. The van der Waals surface area contributed by atoms with E-state index >= 15 is 0 Å². The van der Waals surface area contributed by atoms with Crippen LogP contribution >= 0.6 is 15.9 Å². The number of nitrogens with one attached hydrogen (secondary N) is 1.